The van der Waals surface area contributed by atoms with Gasteiger partial charge in [0.1, 0.15) is 12.3 Å². The zero-order chi connectivity index (χ0) is 15.1. The average molecular weight is 304 g/mol. The minimum Gasteiger partial charge on any atom is -0.394 e. The number of nitrogens with zero attached hydrogens (tertiary/aromatic N) is 1. The van der Waals surface area contributed by atoms with Crippen molar-refractivity contribution in [3.05, 3.63) is 32.6 Å². The number of hydrogen-bond acceptors (Lipinski definition) is 6. The molecule has 1 aromatic rings. The van der Waals surface area contributed by atoms with Crippen LogP contribution in [-0.2, 0) is 14.6 Å². The first kappa shape index (κ1) is 14.9. The zero-order valence-corrected chi connectivity index (χ0v) is 11.9. The van der Waals surface area contributed by atoms with E-state index in [4.69, 9.17) is 4.74 Å². The van der Waals surface area contributed by atoms with E-state index in [1.54, 1.807) is 0 Å². The van der Waals surface area contributed by atoms with Gasteiger partial charge in [-0.1, -0.05) is 0 Å². The van der Waals surface area contributed by atoms with Crippen LogP contribution in [0, 0.1) is 6.92 Å². The summed E-state index contributed by atoms with van der Waals surface area (Å²) in [6.07, 6.45) is 0.733. The molecule has 0 amide bonds. The van der Waals surface area contributed by atoms with Crippen molar-refractivity contribution in [3.8, 4) is 0 Å². The van der Waals surface area contributed by atoms with Crippen molar-refractivity contribution in [3.63, 3.8) is 0 Å². The Labute approximate surface area is 114 Å². The minimum absolute atomic E-state index is 0.0510. The SMILES string of the molecule is Cc1cn([C@H]2CC(S(C)(=O)=O)[C@@H](CO)O2)c(=O)[nH]c1=O. The number of hydrogen-bond donors (Lipinski definition) is 2. The Hall–Kier alpha value is -1.45. The summed E-state index contributed by atoms with van der Waals surface area (Å²) >= 11 is 0. The van der Waals surface area contributed by atoms with Gasteiger partial charge in [-0.15, -0.1) is 0 Å². The topological polar surface area (TPSA) is 118 Å². The van der Waals surface area contributed by atoms with Gasteiger partial charge in [0.15, 0.2) is 9.84 Å². The van der Waals surface area contributed by atoms with Gasteiger partial charge in [-0.2, -0.15) is 0 Å². The molecule has 0 spiro atoms. The molecule has 1 unspecified atom stereocenters. The van der Waals surface area contributed by atoms with Crippen LogP contribution in [0.1, 0.15) is 18.2 Å². The van der Waals surface area contributed by atoms with E-state index < -0.39 is 45.3 Å². The first-order valence-electron chi connectivity index (χ1n) is 6.01. The maximum absolute atomic E-state index is 11.7. The van der Waals surface area contributed by atoms with Gasteiger partial charge in [0, 0.05) is 24.4 Å². The molecule has 1 saturated heterocycles. The summed E-state index contributed by atoms with van der Waals surface area (Å²) < 4.78 is 29.9. The van der Waals surface area contributed by atoms with Crippen molar-refractivity contribution in [2.75, 3.05) is 12.9 Å². The highest BCUT2D eigenvalue weighted by atomic mass is 32.2. The van der Waals surface area contributed by atoms with E-state index in [0.717, 1.165) is 10.8 Å². The molecule has 2 N–H and O–H groups in total. The van der Waals surface area contributed by atoms with Crippen LogP contribution < -0.4 is 11.2 Å². The Morgan fingerprint density at radius 3 is 2.65 bits per heavy atom. The summed E-state index contributed by atoms with van der Waals surface area (Å²) in [4.78, 5) is 25.2. The van der Waals surface area contributed by atoms with Crippen molar-refractivity contribution in [1.29, 1.82) is 0 Å². The summed E-state index contributed by atoms with van der Waals surface area (Å²) in [5.41, 5.74) is -0.851. The zero-order valence-electron chi connectivity index (χ0n) is 11.1. The molecule has 0 saturated carbocycles. The highest BCUT2D eigenvalue weighted by molar-refractivity contribution is 7.91. The number of aromatic amines is 1. The first-order valence-corrected chi connectivity index (χ1v) is 7.96. The van der Waals surface area contributed by atoms with Crippen LogP contribution in [0.5, 0.6) is 0 Å². The summed E-state index contributed by atoms with van der Waals surface area (Å²) in [5.74, 6) is 0. The van der Waals surface area contributed by atoms with Gasteiger partial charge in [-0.25, -0.2) is 13.2 Å². The molecule has 0 aliphatic carbocycles. The molecule has 1 aliphatic heterocycles. The molecule has 20 heavy (non-hydrogen) atoms. The molecule has 1 aromatic heterocycles. The Kier molecular flexibility index (Phi) is 3.85. The van der Waals surface area contributed by atoms with Gasteiger partial charge >= 0.3 is 5.69 Å². The molecule has 0 radical (unpaired) electrons. The third kappa shape index (κ3) is 2.69. The first-order chi connectivity index (χ1) is 9.24. The molecule has 0 aromatic carbocycles. The molecule has 2 heterocycles. The van der Waals surface area contributed by atoms with E-state index in [-0.39, 0.29) is 6.42 Å². The molecular weight excluding hydrogens is 288 g/mol. The smallest absolute Gasteiger partial charge is 0.330 e. The lowest BCUT2D eigenvalue weighted by atomic mass is 10.2. The van der Waals surface area contributed by atoms with E-state index in [1.807, 2.05) is 0 Å². The lowest BCUT2D eigenvalue weighted by molar-refractivity contribution is -0.0241. The molecule has 1 fully saturated rings. The van der Waals surface area contributed by atoms with E-state index in [2.05, 4.69) is 4.98 Å². The van der Waals surface area contributed by atoms with Crippen LogP contribution in [-0.4, -0.2) is 47.3 Å². The number of aliphatic hydroxyl groups excluding tert-OH is 1. The van der Waals surface area contributed by atoms with Crippen molar-refractivity contribution >= 4 is 9.84 Å². The van der Waals surface area contributed by atoms with Gasteiger partial charge < -0.3 is 9.84 Å². The number of H-pyrrole nitrogens is 1. The van der Waals surface area contributed by atoms with Crippen LogP contribution >= 0.6 is 0 Å². The van der Waals surface area contributed by atoms with Crippen molar-refractivity contribution < 1.29 is 18.3 Å². The minimum atomic E-state index is -3.41. The third-order valence-electron chi connectivity index (χ3n) is 3.37. The number of sulfone groups is 1. The Bertz CT molecular complexity index is 719. The second-order valence-electron chi connectivity index (χ2n) is 4.89. The Morgan fingerprint density at radius 2 is 2.15 bits per heavy atom. The van der Waals surface area contributed by atoms with Crippen LogP contribution in [0.3, 0.4) is 0 Å². The summed E-state index contributed by atoms with van der Waals surface area (Å²) in [6.45, 7) is 1.08. The van der Waals surface area contributed by atoms with Crippen molar-refractivity contribution in [2.45, 2.75) is 30.9 Å². The van der Waals surface area contributed by atoms with Crippen molar-refractivity contribution in [1.82, 2.24) is 9.55 Å². The number of nitrogens with one attached hydrogen (secondary N) is 1. The lowest BCUT2D eigenvalue weighted by Crippen LogP contribution is -2.33. The Morgan fingerprint density at radius 1 is 1.50 bits per heavy atom. The van der Waals surface area contributed by atoms with E-state index in [1.165, 1.54) is 13.1 Å². The summed E-state index contributed by atoms with van der Waals surface area (Å²) in [6, 6.07) is 0. The second-order valence-corrected chi connectivity index (χ2v) is 7.16. The highest BCUT2D eigenvalue weighted by Crippen LogP contribution is 2.31. The molecule has 2 rings (SSSR count). The molecule has 3 atom stereocenters. The maximum atomic E-state index is 11.7. The predicted octanol–water partition coefficient (Wildman–Crippen LogP) is -1.46. The van der Waals surface area contributed by atoms with Gasteiger partial charge in [0.25, 0.3) is 5.56 Å². The van der Waals surface area contributed by atoms with E-state index >= 15 is 0 Å². The Balaban J connectivity index is 2.40. The molecule has 1 aliphatic rings. The van der Waals surface area contributed by atoms with E-state index in [9.17, 15) is 23.1 Å². The van der Waals surface area contributed by atoms with E-state index in [0.29, 0.717) is 5.56 Å². The highest BCUT2D eigenvalue weighted by Gasteiger charge is 2.42. The quantitative estimate of drug-likeness (QED) is 0.704. The fraction of sp³-hybridized carbons (Fsp3) is 0.636. The fourth-order valence-electron chi connectivity index (χ4n) is 2.29. The summed E-state index contributed by atoms with van der Waals surface area (Å²) in [5, 5.41) is 8.32. The number of aliphatic hydroxyl groups is 1. The van der Waals surface area contributed by atoms with Crippen LogP contribution in [0.4, 0.5) is 0 Å². The molecule has 8 nitrogen and oxygen atoms in total. The molecule has 0 bridgehead atoms. The molecule has 112 valence electrons. The number of aromatic nitrogens is 2. The molecular formula is C11H16N2O6S. The predicted molar refractivity (Wildman–Crippen MR) is 70.3 cm³/mol. The van der Waals surface area contributed by atoms with Crippen LogP contribution in [0.25, 0.3) is 0 Å². The third-order valence-corrected chi connectivity index (χ3v) is 4.96. The maximum Gasteiger partial charge on any atom is 0.330 e. The average Bonchev–Trinajstić information content (AvgIpc) is 2.77. The monoisotopic (exact) mass is 304 g/mol. The number of aryl methyl sites for hydroxylation is 1. The number of ether oxygens (including phenoxy) is 1. The normalized spacial score (nSPS) is 26.9. The second kappa shape index (κ2) is 5.15. The molecule has 9 heteroatoms. The lowest BCUT2D eigenvalue weighted by Gasteiger charge is -2.15. The standard InChI is InChI=1S/C11H16N2O6S/c1-6-4-13(11(16)12-10(6)15)9-3-8(20(2,17)18)7(5-14)19-9/h4,7-9,14H,3,5H2,1-2H3,(H,12,15,16)/t7-,8?,9-/m1/s1. The van der Waals surface area contributed by atoms with Gasteiger partial charge in [-0.3, -0.25) is 14.3 Å². The largest absolute Gasteiger partial charge is 0.394 e. The fourth-order valence-corrected chi connectivity index (χ4v) is 3.50. The van der Waals surface area contributed by atoms with Crippen LogP contribution in [0.15, 0.2) is 15.8 Å². The van der Waals surface area contributed by atoms with Gasteiger partial charge in [0.2, 0.25) is 0 Å². The summed E-state index contributed by atoms with van der Waals surface area (Å²) in [7, 11) is -3.41. The number of rotatable bonds is 3. The van der Waals surface area contributed by atoms with Gasteiger partial charge in [-0.05, 0) is 6.92 Å². The van der Waals surface area contributed by atoms with Crippen LogP contribution in [0.2, 0.25) is 0 Å². The van der Waals surface area contributed by atoms with Gasteiger partial charge in [0.05, 0.1) is 11.9 Å². The van der Waals surface area contributed by atoms with Crippen molar-refractivity contribution in [2.24, 2.45) is 0 Å².